The van der Waals surface area contributed by atoms with Crippen molar-refractivity contribution in [3.8, 4) is 0 Å². The largest absolute Gasteiger partial charge is 0.352 e. The molecule has 0 radical (unpaired) electrons. The molecule has 10 heteroatoms. The molecule has 0 aromatic heterocycles. The van der Waals surface area contributed by atoms with Crippen LogP contribution in [0, 0.1) is 18.6 Å². The topological polar surface area (TPSA) is 86.8 Å². The molecule has 2 aromatic rings. The van der Waals surface area contributed by atoms with Crippen LogP contribution in [0.2, 0.25) is 0 Å². The molecule has 0 saturated heterocycles. The molecular formula is C25H31F2N3O4S. The van der Waals surface area contributed by atoms with Gasteiger partial charge in [0.25, 0.3) is 0 Å². The number of anilines is 1. The predicted molar refractivity (Wildman–Crippen MR) is 130 cm³/mol. The molecule has 0 spiro atoms. The number of sulfonamides is 1. The van der Waals surface area contributed by atoms with Gasteiger partial charge in [0, 0.05) is 18.7 Å². The van der Waals surface area contributed by atoms with Crippen molar-refractivity contribution >= 4 is 27.5 Å². The maximum atomic E-state index is 13.8. The molecule has 1 atom stereocenters. The van der Waals surface area contributed by atoms with Gasteiger partial charge in [-0.2, -0.15) is 0 Å². The lowest BCUT2D eigenvalue weighted by molar-refractivity contribution is -0.139. The Kier molecular flexibility index (Phi) is 8.47. The third-order valence-electron chi connectivity index (χ3n) is 6.21. The van der Waals surface area contributed by atoms with E-state index in [-0.39, 0.29) is 24.2 Å². The molecule has 0 aliphatic heterocycles. The van der Waals surface area contributed by atoms with Gasteiger partial charge in [0.2, 0.25) is 21.8 Å². The number of halogens is 2. The van der Waals surface area contributed by atoms with Crippen LogP contribution in [0.15, 0.2) is 42.5 Å². The van der Waals surface area contributed by atoms with Gasteiger partial charge < -0.3 is 10.2 Å². The quantitative estimate of drug-likeness (QED) is 0.563. The molecule has 35 heavy (non-hydrogen) atoms. The van der Waals surface area contributed by atoms with E-state index in [0.717, 1.165) is 61.3 Å². The fraction of sp³-hybridized carbons (Fsp3) is 0.440. The average Bonchev–Trinajstić information content (AvgIpc) is 3.30. The van der Waals surface area contributed by atoms with Crippen molar-refractivity contribution in [2.24, 2.45) is 0 Å². The van der Waals surface area contributed by atoms with Crippen LogP contribution in [0.1, 0.15) is 43.7 Å². The fourth-order valence-electron chi connectivity index (χ4n) is 4.12. The van der Waals surface area contributed by atoms with Gasteiger partial charge in [-0.15, -0.1) is 0 Å². The molecule has 1 aliphatic rings. The normalized spacial score (nSPS) is 15.0. The van der Waals surface area contributed by atoms with Crippen molar-refractivity contribution in [3.63, 3.8) is 0 Å². The van der Waals surface area contributed by atoms with Crippen molar-refractivity contribution in [3.05, 3.63) is 65.2 Å². The number of nitrogens with zero attached hydrogens (tertiary/aromatic N) is 2. The first-order valence-corrected chi connectivity index (χ1v) is 13.4. The van der Waals surface area contributed by atoms with E-state index in [4.69, 9.17) is 0 Å². The number of nitrogens with one attached hydrogen (secondary N) is 1. The summed E-state index contributed by atoms with van der Waals surface area (Å²) >= 11 is 0. The molecule has 1 saturated carbocycles. The summed E-state index contributed by atoms with van der Waals surface area (Å²) in [5.41, 5.74) is 1.61. The summed E-state index contributed by atoms with van der Waals surface area (Å²) in [4.78, 5) is 27.8. The third-order valence-corrected chi connectivity index (χ3v) is 7.35. The number of aryl methyl sites for hydroxylation is 1. The van der Waals surface area contributed by atoms with Gasteiger partial charge in [0.1, 0.15) is 12.6 Å². The number of hydrogen-bond donors (Lipinski definition) is 1. The summed E-state index contributed by atoms with van der Waals surface area (Å²) in [5, 5.41) is 2.98. The second-order valence-corrected chi connectivity index (χ2v) is 10.9. The zero-order valence-electron chi connectivity index (χ0n) is 20.1. The second-order valence-electron chi connectivity index (χ2n) is 9.04. The minimum atomic E-state index is -4.02. The Hall–Kier alpha value is -3.01. The van der Waals surface area contributed by atoms with E-state index < -0.39 is 40.2 Å². The van der Waals surface area contributed by atoms with Crippen LogP contribution in [0.4, 0.5) is 14.5 Å². The highest BCUT2D eigenvalue weighted by molar-refractivity contribution is 7.92. The number of benzene rings is 2. The number of rotatable bonds is 9. The Morgan fingerprint density at radius 3 is 2.26 bits per heavy atom. The monoisotopic (exact) mass is 507 g/mol. The van der Waals surface area contributed by atoms with Crippen LogP contribution in [0.25, 0.3) is 0 Å². The van der Waals surface area contributed by atoms with E-state index in [1.807, 2.05) is 31.2 Å². The highest BCUT2D eigenvalue weighted by Crippen LogP contribution is 2.22. The average molecular weight is 508 g/mol. The number of amides is 2. The molecule has 1 unspecified atom stereocenters. The van der Waals surface area contributed by atoms with Gasteiger partial charge in [0.15, 0.2) is 11.6 Å². The van der Waals surface area contributed by atoms with Gasteiger partial charge in [-0.25, -0.2) is 17.2 Å². The molecule has 2 amide bonds. The fourth-order valence-corrected chi connectivity index (χ4v) is 4.96. The zero-order chi connectivity index (χ0) is 25.8. The summed E-state index contributed by atoms with van der Waals surface area (Å²) in [6.45, 7) is 2.93. The van der Waals surface area contributed by atoms with Gasteiger partial charge in [-0.1, -0.05) is 42.7 Å². The van der Waals surface area contributed by atoms with Crippen LogP contribution < -0.4 is 9.62 Å². The molecule has 2 aromatic carbocycles. The molecule has 1 N–H and O–H groups in total. The lowest BCUT2D eigenvalue weighted by atomic mass is 10.1. The van der Waals surface area contributed by atoms with Crippen molar-refractivity contribution in [1.29, 1.82) is 0 Å². The van der Waals surface area contributed by atoms with Crippen LogP contribution in [0.5, 0.6) is 0 Å². The SMILES string of the molecule is Cc1ccc(CN(C(=O)CN(c2ccc(F)c(F)c2)S(C)(=O)=O)C(C)C(=O)NC2CCCC2)cc1. The first-order valence-electron chi connectivity index (χ1n) is 11.5. The maximum Gasteiger partial charge on any atom is 0.244 e. The van der Waals surface area contributed by atoms with Gasteiger partial charge in [-0.3, -0.25) is 13.9 Å². The molecule has 0 bridgehead atoms. The lowest BCUT2D eigenvalue weighted by Crippen LogP contribution is -2.52. The first kappa shape index (κ1) is 26.6. The molecule has 190 valence electrons. The van der Waals surface area contributed by atoms with E-state index in [9.17, 15) is 26.8 Å². The predicted octanol–water partition coefficient (Wildman–Crippen LogP) is 3.52. The van der Waals surface area contributed by atoms with E-state index in [1.54, 1.807) is 6.92 Å². The lowest BCUT2D eigenvalue weighted by Gasteiger charge is -2.32. The van der Waals surface area contributed by atoms with Gasteiger partial charge in [-0.05, 0) is 44.4 Å². The van der Waals surface area contributed by atoms with Crippen LogP contribution >= 0.6 is 0 Å². The standard InChI is InChI=1S/C25H31F2N3O4S/c1-17-8-10-19(11-9-17)15-29(18(2)25(32)28-20-6-4-5-7-20)24(31)16-30(35(3,33)34)21-12-13-22(26)23(27)14-21/h8-14,18,20H,4-7,15-16H2,1-3H3,(H,28,32). The first-order chi connectivity index (χ1) is 16.5. The summed E-state index contributed by atoms with van der Waals surface area (Å²) in [6.07, 6.45) is 4.69. The van der Waals surface area contributed by atoms with Crippen molar-refractivity contribution in [2.45, 2.75) is 58.2 Å². The van der Waals surface area contributed by atoms with Gasteiger partial charge in [0.05, 0.1) is 11.9 Å². The number of hydrogen-bond acceptors (Lipinski definition) is 4. The minimum absolute atomic E-state index is 0.0518. The Morgan fingerprint density at radius 1 is 1.06 bits per heavy atom. The Balaban J connectivity index is 1.88. The second kappa shape index (κ2) is 11.2. The minimum Gasteiger partial charge on any atom is -0.352 e. The molecule has 7 nitrogen and oxygen atoms in total. The summed E-state index contributed by atoms with van der Waals surface area (Å²) in [7, 11) is -4.02. The van der Waals surface area contributed by atoms with Gasteiger partial charge >= 0.3 is 0 Å². The van der Waals surface area contributed by atoms with Crippen molar-refractivity contribution < 1.29 is 26.8 Å². The van der Waals surface area contributed by atoms with E-state index in [1.165, 1.54) is 4.90 Å². The van der Waals surface area contributed by atoms with E-state index in [0.29, 0.717) is 4.31 Å². The number of carbonyl (C=O) groups is 2. The van der Waals surface area contributed by atoms with Crippen LogP contribution in [-0.2, 0) is 26.2 Å². The van der Waals surface area contributed by atoms with E-state index >= 15 is 0 Å². The molecular weight excluding hydrogens is 476 g/mol. The summed E-state index contributed by atoms with van der Waals surface area (Å²) < 4.78 is 52.9. The zero-order valence-corrected chi connectivity index (χ0v) is 20.9. The molecule has 1 fully saturated rings. The van der Waals surface area contributed by atoms with Crippen molar-refractivity contribution in [1.82, 2.24) is 10.2 Å². The van der Waals surface area contributed by atoms with E-state index in [2.05, 4.69) is 5.32 Å². The Bertz CT molecular complexity index is 1170. The molecule has 1 aliphatic carbocycles. The van der Waals surface area contributed by atoms with Crippen LogP contribution in [0.3, 0.4) is 0 Å². The Morgan fingerprint density at radius 2 is 1.69 bits per heavy atom. The number of carbonyl (C=O) groups excluding carboxylic acids is 2. The molecule has 0 heterocycles. The maximum absolute atomic E-state index is 13.8. The van der Waals surface area contributed by atoms with Crippen molar-refractivity contribution in [2.75, 3.05) is 17.1 Å². The summed E-state index contributed by atoms with van der Waals surface area (Å²) in [5.74, 6) is -3.33. The smallest absolute Gasteiger partial charge is 0.244 e. The highest BCUT2D eigenvalue weighted by atomic mass is 32.2. The van der Waals surface area contributed by atoms with Crippen LogP contribution in [-0.4, -0.2) is 50.0 Å². The third kappa shape index (κ3) is 7.00. The highest BCUT2D eigenvalue weighted by Gasteiger charge is 2.31. The summed E-state index contributed by atoms with van der Waals surface area (Å²) in [6, 6.07) is 9.22. The molecule has 3 rings (SSSR count). The Labute approximate surface area is 205 Å².